The molecular formula is C19H40F2N2. The summed E-state index contributed by atoms with van der Waals surface area (Å²) in [5, 5.41) is 0. The van der Waals surface area contributed by atoms with Crippen molar-refractivity contribution in [2.75, 3.05) is 32.9 Å². The van der Waals surface area contributed by atoms with Crippen LogP contribution in [0.3, 0.4) is 0 Å². The average Bonchev–Trinajstić information content (AvgIpc) is 3.05. The first-order valence-electron chi connectivity index (χ1n) is 9.44. The molecule has 0 spiro atoms. The van der Waals surface area contributed by atoms with Crippen LogP contribution >= 0.6 is 0 Å². The fourth-order valence-corrected chi connectivity index (χ4v) is 3.08. The zero-order valence-electron chi connectivity index (χ0n) is 16.6. The minimum Gasteiger partial charge on any atom is -0.300 e. The maximum Gasteiger partial charge on any atom is 0.116 e. The summed E-state index contributed by atoms with van der Waals surface area (Å²) in [6, 6.07) is 1.08. The highest BCUT2D eigenvalue weighted by molar-refractivity contribution is 4.83. The first-order chi connectivity index (χ1) is 10.8. The third-order valence-corrected chi connectivity index (χ3v) is 5.00. The number of rotatable bonds is 3. The van der Waals surface area contributed by atoms with Gasteiger partial charge in [-0.2, -0.15) is 0 Å². The molecule has 0 aromatic heterocycles. The second-order valence-corrected chi connectivity index (χ2v) is 7.48. The lowest BCUT2D eigenvalue weighted by atomic mass is 10.0. The van der Waals surface area contributed by atoms with Crippen molar-refractivity contribution < 1.29 is 8.78 Å². The van der Waals surface area contributed by atoms with Gasteiger partial charge in [0.25, 0.3) is 0 Å². The second-order valence-electron chi connectivity index (χ2n) is 7.48. The van der Waals surface area contributed by atoms with Crippen molar-refractivity contribution in [2.24, 2.45) is 17.8 Å². The maximum absolute atomic E-state index is 12.9. The van der Waals surface area contributed by atoms with Gasteiger partial charge in [-0.1, -0.05) is 27.7 Å². The van der Waals surface area contributed by atoms with Gasteiger partial charge in [-0.25, -0.2) is 4.39 Å². The summed E-state index contributed by atoms with van der Waals surface area (Å²) >= 11 is 0. The molecule has 2 heterocycles. The van der Waals surface area contributed by atoms with Gasteiger partial charge in [-0.05, 0) is 33.6 Å². The number of nitrogens with zero attached hydrogens (tertiary/aromatic N) is 2. The van der Waals surface area contributed by atoms with Crippen LogP contribution in [0.5, 0.6) is 0 Å². The van der Waals surface area contributed by atoms with Crippen LogP contribution in [0.1, 0.15) is 55.4 Å². The Labute approximate surface area is 143 Å². The van der Waals surface area contributed by atoms with Gasteiger partial charge in [0.05, 0.1) is 6.67 Å². The summed E-state index contributed by atoms with van der Waals surface area (Å²) < 4.78 is 25.2. The molecule has 4 unspecified atom stereocenters. The Hall–Kier alpha value is -0.220. The molecule has 0 aliphatic carbocycles. The van der Waals surface area contributed by atoms with Gasteiger partial charge in [0, 0.05) is 50.1 Å². The van der Waals surface area contributed by atoms with E-state index in [9.17, 15) is 8.78 Å². The molecule has 2 aliphatic heterocycles. The van der Waals surface area contributed by atoms with Crippen molar-refractivity contribution in [3.8, 4) is 0 Å². The van der Waals surface area contributed by atoms with Gasteiger partial charge in [0.1, 0.15) is 6.17 Å². The van der Waals surface area contributed by atoms with Crippen molar-refractivity contribution >= 4 is 0 Å². The molecule has 2 fully saturated rings. The third kappa shape index (κ3) is 7.47. The van der Waals surface area contributed by atoms with Crippen LogP contribution in [0.25, 0.3) is 0 Å². The molecule has 0 bridgehead atoms. The predicted molar refractivity (Wildman–Crippen MR) is 97.5 cm³/mol. The smallest absolute Gasteiger partial charge is 0.116 e. The summed E-state index contributed by atoms with van der Waals surface area (Å²) in [7, 11) is 0. The van der Waals surface area contributed by atoms with Crippen LogP contribution in [0.4, 0.5) is 8.78 Å². The molecule has 0 radical (unpaired) electrons. The third-order valence-electron chi connectivity index (χ3n) is 5.00. The molecule has 4 atom stereocenters. The highest BCUT2D eigenvalue weighted by Crippen LogP contribution is 2.24. The standard InChI is InChI=1S/C9H18FN.C8H16FN.C2H6/c1-7(2)11-5-8(3)9(4-10)6-11;1-6(2)10-4-7(3)8(9)5-10;1-2/h7-9H,4-6H2,1-3H3;6-8H,4-5H2,1-3H3;1-2H3. The van der Waals surface area contributed by atoms with E-state index in [4.69, 9.17) is 0 Å². The van der Waals surface area contributed by atoms with Crippen LogP contribution in [0.15, 0.2) is 0 Å². The van der Waals surface area contributed by atoms with Crippen LogP contribution < -0.4 is 0 Å². The normalized spacial score (nSPS) is 31.8. The van der Waals surface area contributed by atoms with E-state index in [0.29, 0.717) is 24.5 Å². The highest BCUT2D eigenvalue weighted by atomic mass is 19.1. The predicted octanol–water partition coefficient (Wildman–Crippen LogP) is 4.64. The maximum atomic E-state index is 12.9. The molecule has 2 aliphatic rings. The number of alkyl halides is 2. The summed E-state index contributed by atoms with van der Waals surface area (Å²) in [5.74, 6) is 1.07. The molecule has 2 nitrogen and oxygen atoms in total. The van der Waals surface area contributed by atoms with E-state index >= 15 is 0 Å². The first-order valence-corrected chi connectivity index (χ1v) is 9.44. The Morgan fingerprint density at radius 3 is 1.48 bits per heavy atom. The molecule has 140 valence electrons. The molecule has 2 saturated heterocycles. The molecule has 0 saturated carbocycles. The monoisotopic (exact) mass is 334 g/mol. The molecule has 0 aromatic carbocycles. The van der Waals surface area contributed by atoms with E-state index in [0.717, 1.165) is 19.6 Å². The van der Waals surface area contributed by atoms with Crippen molar-refractivity contribution in [2.45, 2.75) is 73.6 Å². The van der Waals surface area contributed by atoms with Crippen LogP contribution in [0, 0.1) is 17.8 Å². The van der Waals surface area contributed by atoms with E-state index in [1.54, 1.807) is 0 Å². The number of hydrogen-bond acceptors (Lipinski definition) is 2. The highest BCUT2D eigenvalue weighted by Gasteiger charge is 2.31. The van der Waals surface area contributed by atoms with E-state index in [-0.39, 0.29) is 18.5 Å². The van der Waals surface area contributed by atoms with E-state index in [2.05, 4.69) is 44.4 Å². The zero-order valence-corrected chi connectivity index (χ0v) is 16.6. The summed E-state index contributed by atoms with van der Waals surface area (Å²) in [6.45, 7) is 20.2. The van der Waals surface area contributed by atoms with Gasteiger partial charge >= 0.3 is 0 Å². The van der Waals surface area contributed by atoms with Crippen LogP contribution in [-0.4, -0.2) is 60.9 Å². The van der Waals surface area contributed by atoms with Gasteiger partial charge in [-0.15, -0.1) is 0 Å². The van der Waals surface area contributed by atoms with Crippen LogP contribution in [-0.2, 0) is 0 Å². The Bertz CT molecular complexity index is 287. The minimum absolute atomic E-state index is 0.148. The average molecular weight is 335 g/mol. The Kier molecular flexibility index (Phi) is 11.2. The molecular weight excluding hydrogens is 294 g/mol. The largest absolute Gasteiger partial charge is 0.300 e. The Morgan fingerprint density at radius 1 is 0.826 bits per heavy atom. The second kappa shape index (κ2) is 11.4. The number of likely N-dealkylation sites (tertiary alicyclic amines) is 2. The molecule has 4 heteroatoms. The Balaban J connectivity index is 0.000000381. The quantitative estimate of drug-likeness (QED) is 0.741. The lowest BCUT2D eigenvalue weighted by Crippen LogP contribution is -2.28. The number of halogens is 2. The van der Waals surface area contributed by atoms with E-state index in [1.807, 2.05) is 20.8 Å². The van der Waals surface area contributed by atoms with Gasteiger partial charge < -0.3 is 4.90 Å². The minimum atomic E-state index is -0.595. The lowest BCUT2D eigenvalue weighted by molar-refractivity contribution is 0.245. The molecule has 0 aromatic rings. The van der Waals surface area contributed by atoms with E-state index in [1.165, 1.54) is 0 Å². The van der Waals surface area contributed by atoms with Gasteiger partial charge in [0.2, 0.25) is 0 Å². The van der Waals surface area contributed by atoms with Gasteiger partial charge in [-0.3, -0.25) is 9.29 Å². The van der Waals surface area contributed by atoms with Crippen LogP contribution in [0.2, 0.25) is 0 Å². The van der Waals surface area contributed by atoms with Crippen molar-refractivity contribution in [1.29, 1.82) is 0 Å². The SMILES string of the molecule is CC.CC1CN(C(C)C)CC1CF.CC1CN(C(C)C)CC1F. The summed E-state index contributed by atoms with van der Waals surface area (Å²) in [6.07, 6.45) is -0.595. The van der Waals surface area contributed by atoms with Crippen molar-refractivity contribution in [3.63, 3.8) is 0 Å². The Morgan fingerprint density at radius 2 is 1.26 bits per heavy atom. The zero-order chi connectivity index (χ0) is 18.2. The first kappa shape index (κ1) is 22.8. The molecule has 23 heavy (non-hydrogen) atoms. The number of hydrogen-bond donors (Lipinski definition) is 0. The summed E-state index contributed by atoms with van der Waals surface area (Å²) in [4.78, 5) is 4.55. The van der Waals surface area contributed by atoms with Crippen molar-refractivity contribution in [3.05, 3.63) is 0 Å². The fraction of sp³-hybridized carbons (Fsp3) is 1.00. The fourth-order valence-electron chi connectivity index (χ4n) is 3.08. The lowest BCUT2D eigenvalue weighted by Gasteiger charge is -2.19. The van der Waals surface area contributed by atoms with Gasteiger partial charge in [0.15, 0.2) is 0 Å². The molecule has 2 rings (SSSR count). The molecule has 0 amide bonds. The van der Waals surface area contributed by atoms with Crippen molar-refractivity contribution in [1.82, 2.24) is 9.80 Å². The molecule has 0 N–H and O–H groups in total. The van der Waals surface area contributed by atoms with E-state index < -0.39 is 6.17 Å². The topological polar surface area (TPSA) is 6.48 Å². The summed E-state index contributed by atoms with van der Waals surface area (Å²) in [5.41, 5.74) is 0.